The quantitative estimate of drug-likeness (QED) is 0.580. The number of aliphatic hydroxyl groups is 1. The number of carboxylic acids is 1. The largest absolute Gasteiger partial charge is 0.496 e. The summed E-state index contributed by atoms with van der Waals surface area (Å²) in [6.45, 7) is 3.89. The van der Waals surface area contributed by atoms with Crippen molar-refractivity contribution in [3.05, 3.63) is 59.4 Å². The molecular weight excluding hydrogens is 356 g/mol. The second-order valence-corrected chi connectivity index (χ2v) is 7.61. The number of aliphatic carboxylic acids is 1. The van der Waals surface area contributed by atoms with Crippen LogP contribution in [0.5, 0.6) is 5.75 Å². The van der Waals surface area contributed by atoms with Gasteiger partial charge in [-0.05, 0) is 54.5 Å². The lowest BCUT2D eigenvalue weighted by Gasteiger charge is -2.30. The predicted molar refractivity (Wildman–Crippen MR) is 108 cm³/mol. The van der Waals surface area contributed by atoms with E-state index < -0.39 is 17.6 Å². The number of aromatic nitrogens is 1. The van der Waals surface area contributed by atoms with Crippen molar-refractivity contribution in [2.45, 2.75) is 51.2 Å². The van der Waals surface area contributed by atoms with Gasteiger partial charge in [0.05, 0.1) is 7.11 Å². The van der Waals surface area contributed by atoms with E-state index in [1.54, 1.807) is 13.3 Å². The molecule has 4 N–H and O–H groups in total. The molecule has 152 valence electrons. The van der Waals surface area contributed by atoms with Crippen molar-refractivity contribution in [3.63, 3.8) is 0 Å². The SMILES string of the molecule is COc1ccccc1CCc1ccnc(C[C@](O)(C(=O)O)[C@@H](N)CC(C)C)c1. The Hall–Kier alpha value is -2.44. The molecule has 6 nitrogen and oxygen atoms in total. The first-order valence-corrected chi connectivity index (χ1v) is 9.53. The standard InChI is InChI=1S/C22H30N2O4/c1-15(2)12-20(23)22(27,21(25)26)14-18-13-16(10-11-24-18)8-9-17-6-4-5-7-19(17)28-3/h4-7,10-11,13,15,20,27H,8-9,12,14,23H2,1-3H3,(H,25,26)/t20-,22+/m0/s1. The summed E-state index contributed by atoms with van der Waals surface area (Å²) in [6, 6.07) is 10.7. The van der Waals surface area contributed by atoms with Gasteiger partial charge in [-0.25, -0.2) is 4.79 Å². The summed E-state index contributed by atoms with van der Waals surface area (Å²) in [5.74, 6) is -0.292. The van der Waals surface area contributed by atoms with Crippen LogP contribution in [-0.2, 0) is 24.1 Å². The Balaban J connectivity index is 2.14. The van der Waals surface area contributed by atoms with E-state index in [-0.39, 0.29) is 12.3 Å². The van der Waals surface area contributed by atoms with Gasteiger partial charge in [0.2, 0.25) is 0 Å². The van der Waals surface area contributed by atoms with Crippen LogP contribution in [0.15, 0.2) is 42.6 Å². The van der Waals surface area contributed by atoms with Crippen molar-refractivity contribution in [1.82, 2.24) is 4.98 Å². The number of rotatable bonds is 10. The van der Waals surface area contributed by atoms with Crippen LogP contribution in [0.2, 0.25) is 0 Å². The van der Waals surface area contributed by atoms with E-state index in [2.05, 4.69) is 4.98 Å². The third-order valence-electron chi connectivity index (χ3n) is 4.92. The first kappa shape index (κ1) is 21.9. The molecule has 0 aliphatic heterocycles. The van der Waals surface area contributed by atoms with E-state index in [4.69, 9.17) is 10.5 Å². The smallest absolute Gasteiger partial charge is 0.337 e. The van der Waals surface area contributed by atoms with Crippen molar-refractivity contribution in [3.8, 4) is 5.75 Å². The maximum Gasteiger partial charge on any atom is 0.337 e. The number of pyridine rings is 1. The molecule has 1 aromatic carbocycles. The Morgan fingerprint density at radius 3 is 2.61 bits per heavy atom. The van der Waals surface area contributed by atoms with Crippen molar-refractivity contribution >= 4 is 5.97 Å². The lowest BCUT2D eigenvalue weighted by molar-refractivity contribution is -0.161. The molecule has 0 aliphatic rings. The molecule has 0 aliphatic carbocycles. The van der Waals surface area contributed by atoms with Gasteiger partial charge in [0.15, 0.2) is 5.60 Å². The second-order valence-electron chi connectivity index (χ2n) is 7.61. The molecule has 0 fully saturated rings. The molecule has 0 saturated heterocycles. The van der Waals surface area contributed by atoms with E-state index in [0.29, 0.717) is 12.1 Å². The van der Waals surface area contributed by atoms with Crippen molar-refractivity contribution < 1.29 is 19.7 Å². The Labute approximate surface area is 166 Å². The molecule has 1 heterocycles. The molecule has 0 bridgehead atoms. The molecule has 0 amide bonds. The topological polar surface area (TPSA) is 106 Å². The minimum Gasteiger partial charge on any atom is -0.496 e. The fourth-order valence-electron chi connectivity index (χ4n) is 3.31. The number of benzene rings is 1. The van der Waals surface area contributed by atoms with E-state index in [1.165, 1.54) is 0 Å². The van der Waals surface area contributed by atoms with Crippen LogP contribution in [0.25, 0.3) is 0 Å². The average molecular weight is 386 g/mol. The molecule has 0 spiro atoms. The van der Waals surface area contributed by atoms with Crippen LogP contribution in [0, 0.1) is 5.92 Å². The molecule has 0 radical (unpaired) electrons. The Kier molecular flexibility index (Phi) is 7.54. The number of hydrogen-bond acceptors (Lipinski definition) is 5. The normalized spacial score (nSPS) is 14.5. The molecule has 2 aromatic rings. The minimum atomic E-state index is -2.04. The molecule has 0 unspecified atom stereocenters. The number of ether oxygens (including phenoxy) is 1. The van der Waals surface area contributed by atoms with Crippen LogP contribution < -0.4 is 10.5 Å². The number of carbonyl (C=O) groups is 1. The highest BCUT2D eigenvalue weighted by molar-refractivity contribution is 5.78. The number of para-hydroxylation sites is 1. The highest BCUT2D eigenvalue weighted by Crippen LogP contribution is 2.23. The Bertz CT molecular complexity index is 794. The number of methoxy groups -OCH3 is 1. The first-order chi connectivity index (χ1) is 13.3. The maximum atomic E-state index is 11.7. The van der Waals surface area contributed by atoms with Crippen molar-refractivity contribution in [2.75, 3.05) is 7.11 Å². The van der Waals surface area contributed by atoms with E-state index in [1.807, 2.05) is 50.2 Å². The van der Waals surface area contributed by atoms with Gasteiger partial charge in [-0.15, -0.1) is 0 Å². The van der Waals surface area contributed by atoms with Gasteiger partial charge >= 0.3 is 5.97 Å². The molecule has 2 rings (SSSR count). The van der Waals surface area contributed by atoms with Gasteiger partial charge in [-0.2, -0.15) is 0 Å². The molecule has 2 atom stereocenters. The van der Waals surface area contributed by atoms with E-state index >= 15 is 0 Å². The monoisotopic (exact) mass is 386 g/mol. The fourth-order valence-corrected chi connectivity index (χ4v) is 3.31. The molecule has 0 saturated carbocycles. The van der Waals surface area contributed by atoms with Crippen molar-refractivity contribution in [2.24, 2.45) is 11.7 Å². The zero-order valence-electron chi connectivity index (χ0n) is 16.8. The molecule has 1 aromatic heterocycles. The number of aryl methyl sites for hydroxylation is 2. The minimum absolute atomic E-state index is 0.126. The van der Waals surface area contributed by atoms with Gasteiger partial charge in [0.1, 0.15) is 5.75 Å². The number of nitrogens with two attached hydrogens (primary N) is 1. The summed E-state index contributed by atoms with van der Waals surface area (Å²) in [7, 11) is 1.65. The number of hydrogen-bond donors (Lipinski definition) is 3. The van der Waals surface area contributed by atoms with E-state index in [0.717, 1.165) is 29.7 Å². The van der Waals surface area contributed by atoms with Gasteiger partial charge in [-0.1, -0.05) is 32.0 Å². The average Bonchev–Trinajstić information content (AvgIpc) is 2.66. The predicted octanol–water partition coefficient (Wildman–Crippen LogP) is 2.61. The fraction of sp³-hybridized carbons (Fsp3) is 0.455. The molecule has 28 heavy (non-hydrogen) atoms. The lowest BCUT2D eigenvalue weighted by Crippen LogP contribution is -2.56. The van der Waals surface area contributed by atoms with Gasteiger partial charge < -0.3 is 20.7 Å². The van der Waals surface area contributed by atoms with Crippen LogP contribution >= 0.6 is 0 Å². The van der Waals surface area contributed by atoms with Crippen LogP contribution in [0.3, 0.4) is 0 Å². The van der Waals surface area contributed by atoms with E-state index in [9.17, 15) is 15.0 Å². The van der Waals surface area contributed by atoms with Crippen LogP contribution in [0.1, 0.15) is 37.1 Å². The highest BCUT2D eigenvalue weighted by atomic mass is 16.5. The number of nitrogens with zero attached hydrogens (tertiary/aromatic N) is 1. The van der Waals surface area contributed by atoms with Crippen LogP contribution in [-0.4, -0.2) is 39.9 Å². The summed E-state index contributed by atoms with van der Waals surface area (Å²) < 4.78 is 5.38. The van der Waals surface area contributed by atoms with Crippen molar-refractivity contribution in [1.29, 1.82) is 0 Å². The highest BCUT2D eigenvalue weighted by Gasteiger charge is 2.43. The van der Waals surface area contributed by atoms with Gasteiger partial charge in [0.25, 0.3) is 0 Å². The third kappa shape index (κ3) is 5.53. The van der Waals surface area contributed by atoms with Gasteiger partial charge in [0, 0.05) is 24.4 Å². The van der Waals surface area contributed by atoms with Gasteiger partial charge in [-0.3, -0.25) is 4.98 Å². The Morgan fingerprint density at radius 1 is 1.25 bits per heavy atom. The van der Waals surface area contributed by atoms with Crippen LogP contribution in [0.4, 0.5) is 0 Å². The summed E-state index contributed by atoms with van der Waals surface area (Å²) in [5.41, 5.74) is 6.62. The lowest BCUT2D eigenvalue weighted by atomic mass is 9.84. The maximum absolute atomic E-state index is 11.7. The zero-order valence-corrected chi connectivity index (χ0v) is 16.8. The summed E-state index contributed by atoms with van der Waals surface area (Å²) in [5, 5.41) is 20.3. The first-order valence-electron chi connectivity index (χ1n) is 9.53. The number of carboxylic acid groups (broad SMARTS) is 1. The zero-order chi connectivity index (χ0) is 20.7. The summed E-state index contributed by atoms with van der Waals surface area (Å²) >= 11 is 0. The summed E-state index contributed by atoms with van der Waals surface area (Å²) in [4.78, 5) is 16.0. The molecular formula is C22H30N2O4. The third-order valence-corrected chi connectivity index (χ3v) is 4.92. The molecule has 6 heteroatoms. The summed E-state index contributed by atoms with van der Waals surface area (Å²) in [6.07, 6.45) is 3.46. The second kappa shape index (κ2) is 9.66. The Morgan fingerprint density at radius 2 is 1.96 bits per heavy atom.